The van der Waals surface area contributed by atoms with Gasteiger partial charge >= 0.3 is 0 Å². The summed E-state index contributed by atoms with van der Waals surface area (Å²) in [6.45, 7) is 4.56. The molecule has 0 aliphatic heterocycles. The molecule has 19 heavy (non-hydrogen) atoms. The summed E-state index contributed by atoms with van der Waals surface area (Å²) in [4.78, 5) is 4.63. The number of nitrogens with one attached hydrogen (secondary N) is 1. The van der Waals surface area contributed by atoms with E-state index < -0.39 is 0 Å². The molecule has 1 aliphatic carbocycles. The van der Waals surface area contributed by atoms with Crippen LogP contribution >= 0.6 is 0 Å². The summed E-state index contributed by atoms with van der Waals surface area (Å²) in [6, 6.07) is 5.47. The van der Waals surface area contributed by atoms with Gasteiger partial charge in [0.15, 0.2) is 0 Å². The third-order valence-corrected chi connectivity index (χ3v) is 4.18. The van der Waals surface area contributed by atoms with Gasteiger partial charge in [0.1, 0.15) is 0 Å². The zero-order chi connectivity index (χ0) is 13.5. The Hall–Kier alpha value is -0.890. The van der Waals surface area contributed by atoms with E-state index in [1.54, 1.807) is 0 Å². The third-order valence-electron chi connectivity index (χ3n) is 4.18. The first-order valence-corrected chi connectivity index (χ1v) is 8.05. The lowest BCUT2D eigenvalue weighted by Crippen LogP contribution is -2.35. The third kappa shape index (κ3) is 4.04. The molecule has 0 spiro atoms. The lowest BCUT2D eigenvalue weighted by Gasteiger charge is -2.29. The van der Waals surface area contributed by atoms with Gasteiger partial charge in [-0.05, 0) is 43.7 Å². The maximum Gasteiger partial charge on any atom is 0.0605 e. The number of rotatable bonds is 7. The molecule has 0 aromatic carbocycles. The van der Waals surface area contributed by atoms with Gasteiger partial charge in [-0.25, -0.2) is 0 Å². The minimum absolute atomic E-state index is 0.485. The number of nitrogens with zero attached hydrogens (tertiary/aromatic N) is 1. The topological polar surface area (TPSA) is 24.9 Å². The molecule has 1 N–H and O–H groups in total. The fourth-order valence-electron chi connectivity index (χ4n) is 3.17. The van der Waals surface area contributed by atoms with E-state index >= 15 is 0 Å². The second kappa shape index (κ2) is 7.64. The Kier molecular flexibility index (Phi) is 5.84. The molecule has 0 fully saturated rings. The van der Waals surface area contributed by atoms with Crippen molar-refractivity contribution in [2.45, 2.75) is 77.3 Å². The minimum atomic E-state index is 0.485. The number of hydrogen-bond acceptors (Lipinski definition) is 2. The summed E-state index contributed by atoms with van der Waals surface area (Å²) >= 11 is 0. The number of pyridine rings is 1. The van der Waals surface area contributed by atoms with Crippen molar-refractivity contribution in [3.63, 3.8) is 0 Å². The van der Waals surface area contributed by atoms with Gasteiger partial charge in [0, 0.05) is 18.3 Å². The maximum absolute atomic E-state index is 4.63. The molecular formula is C17H28N2. The molecule has 106 valence electrons. The summed E-state index contributed by atoms with van der Waals surface area (Å²) in [5.74, 6) is 0. The van der Waals surface area contributed by atoms with Crippen LogP contribution in [0.1, 0.15) is 76.1 Å². The normalized spacial score (nSPS) is 20.0. The highest BCUT2D eigenvalue weighted by Gasteiger charge is 2.23. The van der Waals surface area contributed by atoms with Crippen molar-refractivity contribution in [2.75, 3.05) is 0 Å². The molecule has 0 saturated heterocycles. The lowest BCUT2D eigenvalue weighted by atomic mass is 9.90. The molecule has 1 aromatic rings. The standard InChI is InChI=1S/C17H28N2/c1-3-5-11-15(8-4-2)19-16-12-6-9-14-10-7-13-18-17(14)16/h7,10,13,15-16,19H,3-6,8-9,11-12H2,1-2H3. The van der Waals surface area contributed by atoms with E-state index in [-0.39, 0.29) is 0 Å². The first-order valence-electron chi connectivity index (χ1n) is 8.05. The molecule has 2 rings (SSSR count). The van der Waals surface area contributed by atoms with Gasteiger partial charge in [0.2, 0.25) is 0 Å². The lowest BCUT2D eigenvalue weighted by molar-refractivity contribution is 0.351. The predicted molar refractivity (Wildman–Crippen MR) is 81.3 cm³/mol. The van der Waals surface area contributed by atoms with Crippen LogP contribution in [0.15, 0.2) is 18.3 Å². The van der Waals surface area contributed by atoms with Crippen molar-refractivity contribution in [3.8, 4) is 0 Å². The molecular weight excluding hydrogens is 232 g/mol. The van der Waals surface area contributed by atoms with Gasteiger partial charge in [0.25, 0.3) is 0 Å². The average molecular weight is 260 g/mol. The summed E-state index contributed by atoms with van der Waals surface area (Å²) in [6.07, 6.45) is 12.2. The van der Waals surface area contributed by atoms with Crippen LogP contribution in [-0.2, 0) is 6.42 Å². The molecule has 2 heteroatoms. The largest absolute Gasteiger partial charge is 0.306 e. The molecule has 0 radical (unpaired) electrons. The fraction of sp³-hybridized carbons (Fsp3) is 0.706. The number of aromatic nitrogens is 1. The number of aryl methyl sites for hydroxylation is 1. The molecule has 0 saturated carbocycles. The zero-order valence-electron chi connectivity index (χ0n) is 12.5. The van der Waals surface area contributed by atoms with Gasteiger partial charge in [-0.2, -0.15) is 0 Å². The van der Waals surface area contributed by atoms with Crippen LogP contribution in [0.5, 0.6) is 0 Å². The smallest absolute Gasteiger partial charge is 0.0605 e. The van der Waals surface area contributed by atoms with Crippen LogP contribution < -0.4 is 5.32 Å². The van der Waals surface area contributed by atoms with Crippen molar-refractivity contribution in [1.29, 1.82) is 0 Å². The van der Waals surface area contributed by atoms with Crippen LogP contribution in [0.3, 0.4) is 0 Å². The van der Waals surface area contributed by atoms with E-state index in [0.29, 0.717) is 12.1 Å². The van der Waals surface area contributed by atoms with Crippen molar-refractivity contribution in [2.24, 2.45) is 0 Å². The number of unbranched alkanes of at least 4 members (excludes halogenated alkanes) is 1. The first-order chi connectivity index (χ1) is 9.35. The van der Waals surface area contributed by atoms with Crippen LogP contribution in [0.25, 0.3) is 0 Å². The van der Waals surface area contributed by atoms with E-state index in [1.807, 2.05) is 6.20 Å². The minimum Gasteiger partial charge on any atom is -0.306 e. The molecule has 1 heterocycles. The Labute approximate surface area is 118 Å². The molecule has 1 aliphatic rings. The van der Waals surface area contributed by atoms with Crippen LogP contribution in [0.4, 0.5) is 0 Å². The monoisotopic (exact) mass is 260 g/mol. The van der Waals surface area contributed by atoms with Gasteiger partial charge < -0.3 is 5.32 Å². The highest BCUT2D eigenvalue weighted by atomic mass is 15.0. The molecule has 2 nitrogen and oxygen atoms in total. The summed E-state index contributed by atoms with van der Waals surface area (Å²) in [5, 5.41) is 3.89. The van der Waals surface area contributed by atoms with Crippen LogP contribution in [0.2, 0.25) is 0 Å². The summed E-state index contributed by atoms with van der Waals surface area (Å²) < 4.78 is 0. The van der Waals surface area contributed by atoms with Crippen molar-refractivity contribution < 1.29 is 0 Å². The molecule has 0 bridgehead atoms. The van der Waals surface area contributed by atoms with Gasteiger partial charge in [-0.3, -0.25) is 4.98 Å². The molecule has 1 aromatic heterocycles. The Bertz CT molecular complexity index is 375. The van der Waals surface area contributed by atoms with Gasteiger partial charge in [0.05, 0.1) is 5.69 Å². The average Bonchev–Trinajstić information content (AvgIpc) is 2.45. The second-order valence-electron chi connectivity index (χ2n) is 5.79. The summed E-state index contributed by atoms with van der Waals surface area (Å²) in [7, 11) is 0. The van der Waals surface area contributed by atoms with Gasteiger partial charge in [-0.1, -0.05) is 39.2 Å². The van der Waals surface area contributed by atoms with Crippen LogP contribution in [-0.4, -0.2) is 11.0 Å². The SMILES string of the molecule is CCCCC(CCC)NC1CCCc2cccnc21. The Balaban J connectivity index is 2.01. The quantitative estimate of drug-likeness (QED) is 0.785. The second-order valence-corrected chi connectivity index (χ2v) is 5.79. The Morgan fingerprint density at radius 1 is 1.32 bits per heavy atom. The van der Waals surface area contributed by atoms with E-state index in [9.17, 15) is 0 Å². The highest BCUT2D eigenvalue weighted by Crippen LogP contribution is 2.28. The number of hydrogen-bond donors (Lipinski definition) is 1. The van der Waals surface area contributed by atoms with Crippen molar-refractivity contribution >= 4 is 0 Å². The summed E-state index contributed by atoms with van der Waals surface area (Å²) in [5.41, 5.74) is 2.77. The molecule has 2 atom stereocenters. The van der Waals surface area contributed by atoms with E-state index in [1.165, 1.54) is 62.6 Å². The molecule has 0 amide bonds. The van der Waals surface area contributed by atoms with Gasteiger partial charge in [-0.15, -0.1) is 0 Å². The van der Waals surface area contributed by atoms with E-state index in [4.69, 9.17) is 0 Å². The molecule has 2 unspecified atom stereocenters. The van der Waals surface area contributed by atoms with Crippen molar-refractivity contribution in [1.82, 2.24) is 10.3 Å². The van der Waals surface area contributed by atoms with E-state index in [2.05, 4.69) is 36.3 Å². The Morgan fingerprint density at radius 3 is 3.00 bits per heavy atom. The zero-order valence-corrected chi connectivity index (χ0v) is 12.5. The first kappa shape index (κ1) is 14.5. The fourth-order valence-corrected chi connectivity index (χ4v) is 3.17. The van der Waals surface area contributed by atoms with E-state index in [0.717, 1.165) is 0 Å². The number of fused-ring (bicyclic) bond motifs is 1. The predicted octanol–water partition coefficient (Wildman–Crippen LogP) is 4.41. The van der Waals surface area contributed by atoms with Crippen LogP contribution in [0, 0.1) is 0 Å². The van der Waals surface area contributed by atoms with Crippen molar-refractivity contribution in [3.05, 3.63) is 29.6 Å². The Morgan fingerprint density at radius 2 is 2.21 bits per heavy atom. The highest BCUT2D eigenvalue weighted by molar-refractivity contribution is 5.25. The maximum atomic E-state index is 4.63.